The maximum absolute atomic E-state index is 13.1. The number of benzene rings is 1. The summed E-state index contributed by atoms with van der Waals surface area (Å²) in [5.74, 6) is 0.612. The lowest BCUT2D eigenvalue weighted by molar-refractivity contribution is -0.118. The van der Waals surface area contributed by atoms with Crippen LogP contribution >= 0.6 is 23.1 Å². The van der Waals surface area contributed by atoms with Crippen LogP contribution in [-0.2, 0) is 4.79 Å². The first kappa shape index (κ1) is 21.0. The van der Waals surface area contributed by atoms with E-state index in [1.807, 2.05) is 12.1 Å². The number of carbonyl (C=O) groups is 1. The molecule has 2 aromatic heterocycles. The summed E-state index contributed by atoms with van der Waals surface area (Å²) in [4.78, 5) is 22.4. The fourth-order valence-corrected chi connectivity index (χ4v) is 6.36. The maximum atomic E-state index is 13.1. The van der Waals surface area contributed by atoms with Crippen molar-refractivity contribution in [3.8, 4) is 0 Å². The summed E-state index contributed by atoms with van der Waals surface area (Å²) in [5.41, 5.74) is 16.2. The monoisotopic (exact) mass is 464 g/mol. The number of nitrogens with two attached hydrogens (primary N) is 2. The van der Waals surface area contributed by atoms with Crippen LogP contribution in [0.25, 0.3) is 10.2 Å². The van der Waals surface area contributed by atoms with Crippen molar-refractivity contribution in [1.82, 2.24) is 4.98 Å². The number of ketones is 1. The second-order valence-electron chi connectivity index (χ2n) is 9.06. The minimum Gasteiger partial charge on any atom is -0.453 e. The molecule has 32 heavy (non-hydrogen) atoms. The molecule has 0 fully saturated rings. The van der Waals surface area contributed by atoms with Gasteiger partial charge in [-0.3, -0.25) is 4.79 Å². The van der Waals surface area contributed by atoms with Crippen molar-refractivity contribution in [3.05, 3.63) is 64.7 Å². The van der Waals surface area contributed by atoms with E-state index < -0.39 is 5.92 Å². The molecular formula is C24H24N4O2S2. The number of hydrogen-bond acceptors (Lipinski definition) is 8. The Morgan fingerprint density at radius 3 is 2.84 bits per heavy atom. The Balaban J connectivity index is 1.50. The average Bonchev–Trinajstić information content (AvgIpc) is 3.32. The lowest BCUT2D eigenvalue weighted by atomic mass is 9.70. The first-order chi connectivity index (χ1) is 15.2. The van der Waals surface area contributed by atoms with Gasteiger partial charge in [0.2, 0.25) is 0 Å². The number of furan rings is 1. The number of hydrogen-bond donors (Lipinski definition) is 2. The van der Waals surface area contributed by atoms with Crippen LogP contribution in [0.3, 0.4) is 0 Å². The van der Waals surface area contributed by atoms with Crippen molar-refractivity contribution < 1.29 is 9.21 Å². The largest absolute Gasteiger partial charge is 0.453 e. The van der Waals surface area contributed by atoms with Crippen molar-refractivity contribution in [2.45, 2.75) is 49.0 Å². The van der Waals surface area contributed by atoms with Gasteiger partial charge < -0.3 is 15.9 Å². The molecule has 1 aliphatic carbocycles. The number of fused-ring (bicyclic) bond motifs is 1. The molecule has 0 radical (unpaired) electrons. The number of nitrogens with zero attached hydrogens (tertiary/aromatic N) is 2. The molecule has 8 heteroatoms. The van der Waals surface area contributed by atoms with E-state index in [4.69, 9.17) is 20.9 Å². The number of thiazole rings is 1. The second-order valence-corrected chi connectivity index (χ2v) is 11.3. The van der Waals surface area contributed by atoms with Gasteiger partial charge in [-0.15, -0.1) is 11.3 Å². The Bertz CT molecular complexity index is 1340. The zero-order valence-corrected chi connectivity index (χ0v) is 19.8. The molecule has 1 aliphatic heterocycles. The zero-order valence-electron chi connectivity index (χ0n) is 18.1. The quantitative estimate of drug-likeness (QED) is 0.545. The van der Waals surface area contributed by atoms with E-state index in [1.54, 1.807) is 11.3 Å². The Hall–Kier alpha value is -2.84. The summed E-state index contributed by atoms with van der Waals surface area (Å²) in [5, 5.41) is 0.707. The molecule has 0 spiro atoms. The minimum absolute atomic E-state index is 0.0731. The predicted molar refractivity (Wildman–Crippen MR) is 129 cm³/mol. The van der Waals surface area contributed by atoms with Crippen LogP contribution in [0, 0.1) is 12.3 Å². The molecule has 1 atom stereocenters. The van der Waals surface area contributed by atoms with Gasteiger partial charge in [0.15, 0.2) is 15.2 Å². The van der Waals surface area contributed by atoms with Crippen molar-refractivity contribution in [3.63, 3.8) is 0 Å². The van der Waals surface area contributed by atoms with Crippen LogP contribution in [0.5, 0.6) is 0 Å². The highest BCUT2D eigenvalue weighted by Gasteiger charge is 2.42. The maximum Gasteiger partial charge on any atom is 0.167 e. The Morgan fingerprint density at radius 1 is 1.25 bits per heavy atom. The molecule has 0 bridgehead atoms. The third-order valence-electron chi connectivity index (χ3n) is 5.82. The van der Waals surface area contributed by atoms with Crippen molar-refractivity contribution in [1.29, 1.82) is 0 Å². The van der Waals surface area contributed by atoms with Gasteiger partial charge in [-0.25, -0.2) is 9.98 Å². The van der Waals surface area contributed by atoms with Crippen molar-refractivity contribution in [2.75, 3.05) is 0 Å². The molecule has 6 nitrogen and oxygen atoms in total. The summed E-state index contributed by atoms with van der Waals surface area (Å²) >= 11 is 3.10. The third kappa shape index (κ3) is 3.67. The molecule has 1 aromatic carbocycles. The van der Waals surface area contributed by atoms with Crippen LogP contribution in [0.15, 0.2) is 72.2 Å². The van der Waals surface area contributed by atoms with Crippen LogP contribution in [0.4, 0.5) is 0 Å². The molecule has 164 valence electrons. The SMILES string of the molecule is Cc1ccc2sc(Sc3ccc(C4C5=C(CC(C)(C)CC5=O)N=C(N)/C4=C\N)o3)nc2c1. The molecule has 5 rings (SSSR count). The van der Waals surface area contributed by atoms with Gasteiger partial charge in [-0.05, 0) is 60.4 Å². The molecule has 0 amide bonds. The van der Waals surface area contributed by atoms with E-state index >= 15 is 0 Å². The molecule has 1 unspecified atom stereocenters. The van der Waals surface area contributed by atoms with E-state index in [-0.39, 0.29) is 11.2 Å². The Labute approximate surface area is 194 Å². The lowest BCUT2D eigenvalue weighted by Crippen LogP contribution is -2.35. The highest BCUT2D eigenvalue weighted by atomic mass is 32.2. The van der Waals surface area contributed by atoms with Gasteiger partial charge in [0.05, 0.1) is 21.8 Å². The molecule has 4 N–H and O–H groups in total. The van der Waals surface area contributed by atoms with Crippen molar-refractivity contribution in [2.24, 2.45) is 21.9 Å². The van der Waals surface area contributed by atoms with E-state index in [0.717, 1.165) is 20.3 Å². The number of aryl methyl sites for hydroxylation is 1. The van der Waals surface area contributed by atoms with Crippen LogP contribution < -0.4 is 11.5 Å². The summed E-state index contributed by atoms with van der Waals surface area (Å²) in [6, 6.07) is 10.1. The number of rotatable bonds is 3. The van der Waals surface area contributed by atoms with E-state index in [0.29, 0.717) is 40.7 Å². The van der Waals surface area contributed by atoms with Crippen LogP contribution in [0.2, 0.25) is 0 Å². The standard InChI is InChI=1S/C24H24N4O2S2/c1-12-4-6-18-14(8-12)28-23(31-18)32-19-7-5-17(30-19)20-13(11-25)22(26)27-15-9-24(2,3)10-16(29)21(15)20/h4-8,11,20H,9-10,25H2,1-3H3,(H2,26,27)/b13-11-. The predicted octanol–water partition coefficient (Wildman–Crippen LogP) is 5.29. The number of Topliss-reactive ketones (excluding diaryl/α,β-unsaturated/α-hetero) is 1. The number of allylic oxidation sites excluding steroid dienone is 2. The topological polar surface area (TPSA) is 108 Å². The average molecular weight is 465 g/mol. The van der Waals surface area contributed by atoms with Gasteiger partial charge in [0.1, 0.15) is 11.6 Å². The first-order valence-electron chi connectivity index (χ1n) is 10.4. The van der Waals surface area contributed by atoms with Gasteiger partial charge in [0.25, 0.3) is 0 Å². The highest BCUT2D eigenvalue weighted by molar-refractivity contribution is 8.01. The second kappa shape index (κ2) is 7.64. The van der Waals surface area contributed by atoms with Gasteiger partial charge >= 0.3 is 0 Å². The smallest absolute Gasteiger partial charge is 0.167 e. The van der Waals surface area contributed by atoms with E-state index in [1.165, 1.54) is 23.5 Å². The molecule has 2 aliphatic rings. The number of aromatic nitrogens is 1. The first-order valence-corrected chi connectivity index (χ1v) is 12.0. The molecular weight excluding hydrogens is 440 g/mol. The summed E-state index contributed by atoms with van der Waals surface area (Å²) < 4.78 is 8.26. The van der Waals surface area contributed by atoms with Gasteiger partial charge in [-0.2, -0.15) is 0 Å². The molecule has 3 heterocycles. The summed E-state index contributed by atoms with van der Waals surface area (Å²) in [7, 11) is 0. The zero-order chi connectivity index (χ0) is 22.6. The summed E-state index contributed by atoms with van der Waals surface area (Å²) in [6.45, 7) is 6.21. The Kier molecular flexibility index (Phi) is 5.02. The van der Waals surface area contributed by atoms with Gasteiger partial charge in [-0.1, -0.05) is 19.9 Å². The fraction of sp³-hybridized carbons (Fsp3) is 0.292. The fourth-order valence-electron chi connectivity index (χ4n) is 4.41. The number of aliphatic imine (C=N–C) groups is 1. The summed E-state index contributed by atoms with van der Waals surface area (Å²) in [6.07, 6.45) is 2.59. The van der Waals surface area contributed by atoms with Crippen molar-refractivity contribution >= 4 is 44.9 Å². The third-order valence-corrected chi connectivity index (χ3v) is 7.84. The van der Waals surface area contributed by atoms with E-state index in [9.17, 15) is 4.79 Å². The highest BCUT2D eigenvalue weighted by Crippen LogP contribution is 2.48. The van der Waals surface area contributed by atoms with Gasteiger partial charge in [0, 0.05) is 23.8 Å². The van der Waals surface area contributed by atoms with E-state index in [2.05, 4.69) is 44.0 Å². The van der Waals surface area contributed by atoms with Crippen LogP contribution in [-0.4, -0.2) is 16.6 Å². The molecule has 0 saturated carbocycles. The number of amidine groups is 1. The lowest BCUT2D eigenvalue weighted by Gasteiger charge is -2.36. The minimum atomic E-state index is -0.441. The molecule has 3 aromatic rings. The Morgan fingerprint density at radius 2 is 2.06 bits per heavy atom. The van der Waals surface area contributed by atoms with Crippen LogP contribution in [0.1, 0.15) is 43.9 Å². The molecule has 0 saturated heterocycles. The normalized spacial score (nSPS) is 21.8. The number of carbonyl (C=O) groups excluding carboxylic acids is 1.